The Labute approximate surface area is 254 Å². The molecule has 3 amide bonds. The summed E-state index contributed by atoms with van der Waals surface area (Å²) in [5, 5.41) is -0.0889. The molecule has 0 spiro atoms. The Bertz CT molecular complexity index is 1640. The van der Waals surface area contributed by atoms with Gasteiger partial charge in [-0.25, -0.2) is 31.2 Å². The molecule has 4 aliphatic rings. The van der Waals surface area contributed by atoms with Crippen molar-refractivity contribution >= 4 is 49.5 Å². The summed E-state index contributed by atoms with van der Waals surface area (Å²) in [6.45, 7) is 5.51. The van der Waals surface area contributed by atoms with Crippen molar-refractivity contribution in [2.75, 3.05) is 6.79 Å². The highest BCUT2D eigenvalue weighted by atomic mass is 32.2. The molecule has 4 aliphatic heterocycles. The summed E-state index contributed by atoms with van der Waals surface area (Å²) >= 11 is 0. The zero-order chi connectivity index (χ0) is 32.6. The van der Waals surface area contributed by atoms with Crippen LogP contribution in [0.4, 0.5) is 4.79 Å². The van der Waals surface area contributed by atoms with Crippen molar-refractivity contribution in [3.05, 3.63) is 35.9 Å². The van der Waals surface area contributed by atoms with E-state index in [9.17, 15) is 40.8 Å². The van der Waals surface area contributed by atoms with Crippen LogP contribution in [0.15, 0.2) is 30.3 Å². The lowest BCUT2D eigenvalue weighted by atomic mass is 9.87. The van der Waals surface area contributed by atoms with E-state index in [1.165, 1.54) is 34.6 Å². The Hall–Kier alpha value is -3.73. The molecule has 240 valence electrons. The second kappa shape index (κ2) is 10.4. The third-order valence-corrected chi connectivity index (χ3v) is 14.7. The minimum absolute atomic E-state index is 0.0413. The van der Waals surface area contributed by atoms with Gasteiger partial charge in [-0.15, -0.1) is 0 Å². The van der Waals surface area contributed by atoms with Crippen molar-refractivity contribution in [2.45, 2.75) is 86.0 Å². The number of carbonyl (C=O) groups excluding carboxylic acids is 5. The summed E-state index contributed by atoms with van der Waals surface area (Å²) in [6, 6.07) is 4.82. The van der Waals surface area contributed by atoms with Gasteiger partial charge in [0.25, 0.3) is 0 Å². The largest absolute Gasteiger partial charge is 0.445 e. The third-order valence-electron chi connectivity index (χ3n) is 9.03. The van der Waals surface area contributed by atoms with E-state index < -0.39 is 101 Å². The van der Waals surface area contributed by atoms with Gasteiger partial charge < -0.3 is 29.3 Å². The summed E-state index contributed by atoms with van der Waals surface area (Å²) in [5.41, 5.74) is 0.726. The van der Waals surface area contributed by atoms with Gasteiger partial charge >= 0.3 is 18.0 Å². The smallest absolute Gasteiger partial charge is 0.407 e. The maximum absolute atomic E-state index is 13.5. The number of ether oxygens (including phenoxy) is 3. The van der Waals surface area contributed by atoms with E-state index in [-0.39, 0.29) is 13.0 Å². The van der Waals surface area contributed by atoms with E-state index in [2.05, 4.69) is 5.32 Å². The molecule has 1 aromatic carbocycles. The summed E-state index contributed by atoms with van der Waals surface area (Å²) in [7, 11) is -8.05. The molecule has 0 aliphatic carbocycles. The number of nitrogens with zero attached hydrogens (tertiary/aromatic N) is 2. The van der Waals surface area contributed by atoms with Gasteiger partial charge in [-0.3, -0.25) is 9.59 Å². The summed E-state index contributed by atoms with van der Waals surface area (Å²) in [5.74, 6) is -4.73. The molecule has 0 radical (unpaired) electrons. The first kappa shape index (κ1) is 31.7. The maximum Gasteiger partial charge on any atom is 0.407 e. The number of hydrogen-bond donors (Lipinski definition) is 1. The van der Waals surface area contributed by atoms with Gasteiger partial charge in [0, 0.05) is 6.04 Å². The maximum atomic E-state index is 13.5. The van der Waals surface area contributed by atoms with Crippen LogP contribution in [-0.4, -0.2) is 102 Å². The predicted molar refractivity (Wildman–Crippen MR) is 149 cm³/mol. The minimum atomic E-state index is -4.18. The van der Waals surface area contributed by atoms with Crippen LogP contribution in [0, 0.1) is 5.92 Å². The normalized spacial score (nSPS) is 30.6. The first-order valence-corrected chi connectivity index (χ1v) is 16.9. The van der Waals surface area contributed by atoms with Gasteiger partial charge in [0.1, 0.15) is 29.4 Å². The number of amides is 3. The van der Waals surface area contributed by atoms with Crippen LogP contribution >= 0.6 is 0 Å². The second-order valence-electron chi connectivity index (χ2n) is 12.3. The molecule has 0 bridgehead atoms. The lowest BCUT2D eigenvalue weighted by molar-refractivity contribution is -0.182. The Kier molecular flexibility index (Phi) is 7.51. The Balaban J connectivity index is 1.22. The van der Waals surface area contributed by atoms with Crippen molar-refractivity contribution in [2.24, 2.45) is 5.92 Å². The number of benzene rings is 1. The van der Waals surface area contributed by atoms with Crippen LogP contribution in [0.5, 0.6) is 0 Å². The summed E-state index contributed by atoms with van der Waals surface area (Å²) in [4.78, 5) is 65.4. The highest BCUT2D eigenvalue weighted by Gasteiger charge is 2.73. The third kappa shape index (κ3) is 4.45. The molecule has 15 nitrogen and oxygen atoms in total. The van der Waals surface area contributed by atoms with Crippen LogP contribution < -0.4 is 5.32 Å². The number of sulfone groups is 2. The Morgan fingerprint density at radius 1 is 0.886 bits per heavy atom. The predicted octanol–water partition coefficient (Wildman–Crippen LogP) is -0.161. The van der Waals surface area contributed by atoms with Crippen molar-refractivity contribution in [1.29, 1.82) is 0 Å². The fourth-order valence-electron chi connectivity index (χ4n) is 6.34. The molecule has 1 aromatic rings. The zero-order valence-corrected chi connectivity index (χ0v) is 26.2. The number of alkyl carbamates (subject to hydrolysis) is 1. The van der Waals surface area contributed by atoms with Gasteiger partial charge in [-0.1, -0.05) is 30.3 Å². The van der Waals surface area contributed by atoms with E-state index in [1.54, 1.807) is 30.3 Å². The quantitative estimate of drug-likeness (QED) is 0.221. The fourth-order valence-corrected chi connectivity index (χ4v) is 10.9. The first-order chi connectivity index (χ1) is 20.4. The molecule has 6 atom stereocenters. The van der Waals surface area contributed by atoms with Gasteiger partial charge in [-0.05, 0) is 40.2 Å². The summed E-state index contributed by atoms with van der Waals surface area (Å²) < 4.78 is 64.3. The zero-order valence-electron chi connectivity index (χ0n) is 24.6. The Morgan fingerprint density at radius 2 is 1.43 bits per heavy atom. The minimum Gasteiger partial charge on any atom is -0.445 e. The second-order valence-corrected chi connectivity index (χ2v) is 17.6. The lowest BCUT2D eigenvalue weighted by Gasteiger charge is -2.45. The number of β-lactam (4-membered cyclic amide) rings is 2. The number of nitrogens with one attached hydrogen (secondary N) is 1. The number of hydrogen-bond acceptors (Lipinski definition) is 12. The van der Waals surface area contributed by atoms with Crippen LogP contribution in [-0.2, 0) is 59.7 Å². The topological polar surface area (TPSA) is 200 Å². The molecular weight excluding hydrogens is 622 g/mol. The number of fused-ring (bicyclic) bond motifs is 2. The fraction of sp³-hybridized carbons (Fsp3) is 0.593. The SMILES string of the molecule is C[C@H](NC(=O)OCc1ccccc1)[C@H]1C(=O)N2[C@@H](C(=O)OCOC(=O)[C@@H]3N4C(=O)C[C@H]4S(=O)(=O)C3(C)C)C(C)(C)S(=O)(=O)[C@H]12. The molecule has 4 heterocycles. The average Bonchev–Trinajstić information content (AvgIpc) is 3.16. The van der Waals surface area contributed by atoms with Gasteiger partial charge in [0.15, 0.2) is 19.7 Å². The molecule has 4 saturated heterocycles. The molecule has 17 heteroatoms. The molecular formula is C27H33N3O12S2. The first-order valence-electron chi connectivity index (χ1n) is 13.8. The van der Waals surface area contributed by atoms with Crippen LogP contribution in [0.25, 0.3) is 0 Å². The number of carbonyl (C=O) groups is 5. The van der Waals surface area contributed by atoms with E-state index in [4.69, 9.17) is 14.2 Å². The van der Waals surface area contributed by atoms with Crippen LogP contribution in [0.1, 0.15) is 46.6 Å². The van der Waals surface area contributed by atoms with Gasteiger partial charge in [0.2, 0.25) is 18.6 Å². The number of esters is 2. The van der Waals surface area contributed by atoms with E-state index in [0.29, 0.717) is 0 Å². The standard InChI is InChI=1S/C27H33N3O12S2/c1-14(28-25(35)40-12-15-9-7-6-8-10-15)18-21(32)30-20(27(4,5)44(38,39)22(18)30)24(34)42-13-41-23(33)19-26(2,3)43(36,37)17-11-16(31)29(17)19/h6-10,14,17-20,22H,11-13H2,1-5H3,(H,28,35)/t14-,17+,18-,19-,20-,22+/m0/s1. The van der Waals surface area contributed by atoms with Crippen LogP contribution in [0.3, 0.4) is 0 Å². The monoisotopic (exact) mass is 655 g/mol. The van der Waals surface area contributed by atoms with Gasteiger partial charge in [0.05, 0.1) is 21.8 Å². The number of rotatable bonds is 8. The van der Waals surface area contributed by atoms with E-state index in [1.807, 2.05) is 0 Å². The van der Waals surface area contributed by atoms with Crippen molar-refractivity contribution in [3.63, 3.8) is 0 Å². The van der Waals surface area contributed by atoms with Crippen LogP contribution in [0.2, 0.25) is 0 Å². The van der Waals surface area contributed by atoms with Gasteiger partial charge in [-0.2, -0.15) is 0 Å². The molecule has 4 fully saturated rings. The highest BCUT2D eigenvalue weighted by molar-refractivity contribution is 7.94. The van der Waals surface area contributed by atoms with Crippen molar-refractivity contribution in [1.82, 2.24) is 15.1 Å². The molecule has 0 unspecified atom stereocenters. The lowest BCUT2D eigenvalue weighted by Crippen LogP contribution is -2.68. The molecule has 44 heavy (non-hydrogen) atoms. The van der Waals surface area contributed by atoms with Crippen molar-refractivity contribution < 1.29 is 55.0 Å². The molecule has 0 aromatic heterocycles. The molecule has 1 N–H and O–H groups in total. The Morgan fingerprint density at radius 3 is 2.00 bits per heavy atom. The highest BCUT2D eigenvalue weighted by Crippen LogP contribution is 2.50. The van der Waals surface area contributed by atoms with Crippen molar-refractivity contribution in [3.8, 4) is 0 Å². The van der Waals surface area contributed by atoms with E-state index in [0.717, 1.165) is 15.4 Å². The average molecular weight is 656 g/mol. The summed E-state index contributed by atoms with van der Waals surface area (Å²) in [6.07, 6.45) is -1.10. The molecule has 0 saturated carbocycles. The van der Waals surface area contributed by atoms with E-state index >= 15 is 0 Å². The molecule has 5 rings (SSSR count).